The largest absolute Gasteiger partial charge is 0.387 e. The molecule has 0 bridgehead atoms. The standard InChI is InChI=1S/C12H19N3O/c1-3-10-11(13-2)4-5-12(14-10)15-6-8-16-9-7-15/h4-5,13H,3,6-9H2,1-2H3. The maximum absolute atomic E-state index is 5.34. The number of morpholine rings is 1. The maximum Gasteiger partial charge on any atom is 0.129 e. The first-order valence-electron chi connectivity index (χ1n) is 5.85. The third-order valence-corrected chi connectivity index (χ3v) is 2.90. The van der Waals surface area contributed by atoms with Crippen molar-refractivity contribution in [2.24, 2.45) is 0 Å². The number of anilines is 2. The summed E-state index contributed by atoms with van der Waals surface area (Å²) in [6, 6.07) is 4.19. The molecule has 1 aromatic rings. The van der Waals surface area contributed by atoms with Crippen molar-refractivity contribution >= 4 is 11.5 Å². The van der Waals surface area contributed by atoms with Crippen LogP contribution in [0.3, 0.4) is 0 Å². The minimum absolute atomic E-state index is 0.802. The van der Waals surface area contributed by atoms with Gasteiger partial charge in [-0.25, -0.2) is 4.98 Å². The van der Waals surface area contributed by atoms with E-state index in [4.69, 9.17) is 9.72 Å². The highest BCUT2D eigenvalue weighted by Crippen LogP contribution is 2.20. The lowest BCUT2D eigenvalue weighted by Gasteiger charge is -2.28. The lowest BCUT2D eigenvalue weighted by molar-refractivity contribution is 0.122. The average molecular weight is 221 g/mol. The van der Waals surface area contributed by atoms with Crippen molar-refractivity contribution in [1.29, 1.82) is 0 Å². The molecule has 0 spiro atoms. The van der Waals surface area contributed by atoms with E-state index < -0.39 is 0 Å². The number of nitrogens with zero attached hydrogens (tertiary/aromatic N) is 2. The summed E-state index contributed by atoms with van der Waals surface area (Å²) in [6.45, 7) is 5.62. The second-order valence-electron chi connectivity index (χ2n) is 3.87. The highest BCUT2D eigenvalue weighted by Gasteiger charge is 2.13. The van der Waals surface area contributed by atoms with Gasteiger partial charge in [-0.1, -0.05) is 6.92 Å². The van der Waals surface area contributed by atoms with Crippen LogP contribution in [0.25, 0.3) is 0 Å². The summed E-state index contributed by atoms with van der Waals surface area (Å²) in [7, 11) is 1.94. The van der Waals surface area contributed by atoms with Crippen LogP contribution in [0.4, 0.5) is 11.5 Å². The zero-order valence-corrected chi connectivity index (χ0v) is 9.99. The zero-order valence-electron chi connectivity index (χ0n) is 9.99. The molecular formula is C12H19N3O. The second kappa shape index (κ2) is 5.16. The van der Waals surface area contributed by atoms with E-state index in [0.29, 0.717) is 0 Å². The van der Waals surface area contributed by atoms with Crippen LogP contribution in [0.15, 0.2) is 12.1 Å². The molecule has 1 aliphatic rings. The van der Waals surface area contributed by atoms with E-state index in [-0.39, 0.29) is 0 Å². The smallest absolute Gasteiger partial charge is 0.129 e. The molecule has 0 atom stereocenters. The second-order valence-corrected chi connectivity index (χ2v) is 3.87. The zero-order chi connectivity index (χ0) is 11.4. The lowest BCUT2D eigenvalue weighted by Crippen LogP contribution is -2.36. The fourth-order valence-corrected chi connectivity index (χ4v) is 1.96. The van der Waals surface area contributed by atoms with Crippen molar-refractivity contribution in [2.45, 2.75) is 13.3 Å². The quantitative estimate of drug-likeness (QED) is 0.839. The predicted molar refractivity (Wildman–Crippen MR) is 66.2 cm³/mol. The molecule has 1 aliphatic heterocycles. The van der Waals surface area contributed by atoms with E-state index >= 15 is 0 Å². The molecular weight excluding hydrogens is 202 g/mol. The number of rotatable bonds is 3. The number of hydrogen-bond acceptors (Lipinski definition) is 4. The van der Waals surface area contributed by atoms with Gasteiger partial charge in [0.2, 0.25) is 0 Å². The van der Waals surface area contributed by atoms with Crippen LogP contribution in [0.1, 0.15) is 12.6 Å². The van der Waals surface area contributed by atoms with Gasteiger partial charge in [0.05, 0.1) is 24.6 Å². The van der Waals surface area contributed by atoms with Crippen molar-refractivity contribution < 1.29 is 4.74 Å². The van der Waals surface area contributed by atoms with E-state index in [1.54, 1.807) is 0 Å². The molecule has 4 heteroatoms. The Labute approximate surface area is 96.6 Å². The van der Waals surface area contributed by atoms with E-state index in [1.807, 2.05) is 7.05 Å². The summed E-state index contributed by atoms with van der Waals surface area (Å²) < 4.78 is 5.34. The highest BCUT2D eigenvalue weighted by molar-refractivity contribution is 5.53. The average Bonchev–Trinajstić information content (AvgIpc) is 2.39. The number of pyridine rings is 1. The van der Waals surface area contributed by atoms with Crippen LogP contribution in [-0.4, -0.2) is 38.3 Å². The predicted octanol–water partition coefficient (Wildman–Crippen LogP) is 1.52. The molecule has 0 radical (unpaired) electrons. The van der Waals surface area contributed by atoms with Crippen LogP contribution >= 0.6 is 0 Å². The number of hydrogen-bond donors (Lipinski definition) is 1. The third kappa shape index (κ3) is 2.27. The van der Waals surface area contributed by atoms with Gasteiger partial charge in [-0.2, -0.15) is 0 Å². The summed E-state index contributed by atoms with van der Waals surface area (Å²) in [5, 5.41) is 3.17. The van der Waals surface area contributed by atoms with Crippen molar-refractivity contribution in [3.05, 3.63) is 17.8 Å². The minimum atomic E-state index is 0.802. The fourth-order valence-electron chi connectivity index (χ4n) is 1.96. The maximum atomic E-state index is 5.34. The number of aromatic nitrogens is 1. The molecule has 4 nitrogen and oxygen atoms in total. The van der Waals surface area contributed by atoms with E-state index in [0.717, 1.165) is 49.9 Å². The van der Waals surface area contributed by atoms with E-state index in [2.05, 4.69) is 29.3 Å². The van der Waals surface area contributed by atoms with Gasteiger partial charge in [-0.15, -0.1) is 0 Å². The summed E-state index contributed by atoms with van der Waals surface area (Å²) in [5.74, 6) is 1.07. The Hall–Kier alpha value is -1.29. The topological polar surface area (TPSA) is 37.4 Å². The van der Waals surface area contributed by atoms with Gasteiger partial charge in [-0.3, -0.25) is 0 Å². The molecule has 0 aromatic carbocycles. The Morgan fingerprint density at radius 1 is 1.38 bits per heavy atom. The van der Waals surface area contributed by atoms with Gasteiger partial charge >= 0.3 is 0 Å². The monoisotopic (exact) mass is 221 g/mol. The Morgan fingerprint density at radius 2 is 2.12 bits per heavy atom. The first-order valence-corrected chi connectivity index (χ1v) is 5.85. The molecule has 2 heterocycles. The summed E-state index contributed by atoms with van der Waals surface area (Å²) in [6.07, 6.45) is 0.953. The SMILES string of the molecule is CCc1nc(N2CCOCC2)ccc1NC. The normalized spacial score (nSPS) is 16.2. The van der Waals surface area contributed by atoms with Crippen LogP contribution in [-0.2, 0) is 11.2 Å². The Kier molecular flexibility index (Phi) is 3.62. The third-order valence-electron chi connectivity index (χ3n) is 2.90. The van der Waals surface area contributed by atoms with Gasteiger partial charge in [0.15, 0.2) is 0 Å². The lowest BCUT2D eigenvalue weighted by atomic mass is 10.2. The van der Waals surface area contributed by atoms with Crippen LogP contribution < -0.4 is 10.2 Å². The Bertz CT molecular complexity index is 348. The van der Waals surface area contributed by atoms with E-state index in [1.165, 1.54) is 0 Å². The molecule has 1 fully saturated rings. The van der Waals surface area contributed by atoms with Crippen molar-refractivity contribution in [2.75, 3.05) is 43.6 Å². The molecule has 1 aromatic heterocycles. The molecule has 0 aliphatic carbocycles. The van der Waals surface area contributed by atoms with Gasteiger partial charge in [0, 0.05) is 20.1 Å². The van der Waals surface area contributed by atoms with Gasteiger partial charge in [-0.05, 0) is 18.6 Å². The van der Waals surface area contributed by atoms with Crippen molar-refractivity contribution in [3.63, 3.8) is 0 Å². The molecule has 1 saturated heterocycles. The van der Waals surface area contributed by atoms with Crippen LogP contribution in [0, 0.1) is 0 Å². The first kappa shape index (κ1) is 11.2. The number of aryl methyl sites for hydroxylation is 1. The van der Waals surface area contributed by atoms with Gasteiger partial charge in [0.1, 0.15) is 5.82 Å². The number of nitrogens with one attached hydrogen (secondary N) is 1. The van der Waals surface area contributed by atoms with E-state index in [9.17, 15) is 0 Å². The minimum Gasteiger partial charge on any atom is -0.387 e. The number of ether oxygens (including phenoxy) is 1. The Morgan fingerprint density at radius 3 is 2.75 bits per heavy atom. The van der Waals surface area contributed by atoms with Gasteiger partial charge < -0.3 is 15.0 Å². The summed E-state index contributed by atoms with van der Waals surface area (Å²) in [5.41, 5.74) is 2.26. The summed E-state index contributed by atoms with van der Waals surface area (Å²) in [4.78, 5) is 6.97. The highest BCUT2D eigenvalue weighted by atomic mass is 16.5. The molecule has 0 unspecified atom stereocenters. The molecule has 0 amide bonds. The fraction of sp³-hybridized carbons (Fsp3) is 0.583. The molecule has 1 N–H and O–H groups in total. The Balaban J connectivity index is 2.20. The summed E-state index contributed by atoms with van der Waals surface area (Å²) >= 11 is 0. The molecule has 88 valence electrons. The van der Waals surface area contributed by atoms with Crippen LogP contribution in [0.2, 0.25) is 0 Å². The molecule has 2 rings (SSSR count). The van der Waals surface area contributed by atoms with Crippen LogP contribution in [0.5, 0.6) is 0 Å². The van der Waals surface area contributed by atoms with Gasteiger partial charge in [0.25, 0.3) is 0 Å². The van der Waals surface area contributed by atoms with Crippen molar-refractivity contribution in [3.8, 4) is 0 Å². The molecule has 0 saturated carbocycles. The first-order chi connectivity index (χ1) is 7.85. The van der Waals surface area contributed by atoms with Crippen molar-refractivity contribution in [1.82, 2.24) is 4.98 Å². The molecule has 16 heavy (non-hydrogen) atoms.